The van der Waals surface area contributed by atoms with Gasteiger partial charge in [-0.15, -0.1) is 0 Å². The number of hydrogen-bond donors (Lipinski definition) is 1. The Kier molecular flexibility index (Phi) is 6.27. The van der Waals surface area contributed by atoms with Crippen molar-refractivity contribution in [2.75, 3.05) is 18.5 Å². The van der Waals surface area contributed by atoms with Crippen LogP contribution in [0.15, 0.2) is 41.3 Å². The van der Waals surface area contributed by atoms with E-state index in [4.69, 9.17) is 28.3 Å². The van der Waals surface area contributed by atoms with Crippen LogP contribution in [0, 0.1) is 0 Å². The monoisotopic (exact) mass is 455 g/mol. The molecule has 3 rings (SSSR count). The van der Waals surface area contributed by atoms with E-state index in [1.54, 1.807) is 29.2 Å². The van der Waals surface area contributed by atoms with Gasteiger partial charge in [-0.2, -0.15) is 0 Å². The maximum atomic E-state index is 13.1. The molecule has 0 saturated heterocycles. The number of carbonyl (C=O) groups excluding carboxylic acids is 1. The van der Waals surface area contributed by atoms with Crippen LogP contribution in [0.2, 0.25) is 10.0 Å². The lowest BCUT2D eigenvalue weighted by atomic mass is 10.1. The summed E-state index contributed by atoms with van der Waals surface area (Å²) in [5.41, 5.74) is 2.41. The average Bonchev–Trinajstić information content (AvgIpc) is 2.95. The minimum atomic E-state index is -3.78. The van der Waals surface area contributed by atoms with Crippen molar-refractivity contribution in [2.24, 2.45) is 5.14 Å². The van der Waals surface area contributed by atoms with E-state index >= 15 is 0 Å². The molecule has 6 nitrogen and oxygen atoms in total. The van der Waals surface area contributed by atoms with Gasteiger partial charge in [0.2, 0.25) is 15.9 Å². The summed E-state index contributed by atoms with van der Waals surface area (Å²) in [5, 5.41) is 6.34. The van der Waals surface area contributed by atoms with Crippen molar-refractivity contribution in [3.63, 3.8) is 0 Å². The zero-order valence-electron chi connectivity index (χ0n) is 16.4. The molecule has 0 saturated carbocycles. The maximum absolute atomic E-state index is 13.1. The molecule has 0 aliphatic carbocycles. The van der Waals surface area contributed by atoms with E-state index in [-0.39, 0.29) is 29.4 Å². The van der Waals surface area contributed by atoms with Crippen molar-refractivity contribution >= 4 is 44.8 Å². The van der Waals surface area contributed by atoms with Crippen molar-refractivity contribution in [2.45, 2.75) is 37.2 Å². The van der Waals surface area contributed by atoms with Crippen LogP contribution in [0.3, 0.4) is 0 Å². The number of fused-ring (bicyclic) bond motifs is 1. The Hall–Kier alpha value is -1.64. The molecule has 1 heterocycles. The van der Waals surface area contributed by atoms with E-state index in [0.717, 1.165) is 16.8 Å². The van der Waals surface area contributed by atoms with Gasteiger partial charge in [0, 0.05) is 27.8 Å². The highest BCUT2D eigenvalue weighted by atomic mass is 35.5. The Bertz CT molecular complexity index is 1060. The molecule has 0 spiro atoms. The minimum Gasteiger partial charge on any atom is -0.308 e. The van der Waals surface area contributed by atoms with Crippen LogP contribution in [-0.2, 0) is 21.2 Å². The summed E-state index contributed by atoms with van der Waals surface area (Å²) in [7, 11) is -1.92. The maximum Gasteiger partial charge on any atom is 0.241 e. The molecule has 156 valence electrons. The topological polar surface area (TPSA) is 83.7 Å². The second kappa shape index (κ2) is 8.24. The first-order valence-corrected chi connectivity index (χ1v) is 11.4. The molecule has 2 aromatic carbocycles. The molecular formula is C20H23Cl2N3O3S. The zero-order chi connectivity index (χ0) is 21.5. The number of rotatable bonds is 5. The van der Waals surface area contributed by atoms with Crippen LogP contribution in [0.25, 0.3) is 0 Å². The van der Waals surface area contributed by atoms with E-state index in [9.17, 15) is 13.2 Å². The lowest BCUT2D eigenvalue weighted by Gasteiger charge is -2.29. The van der Waals surface area contributed by atoms with E-state index in [1.165, 1.54) is 6.07 Å². The molecule has 0 bridgehead atoms. The third-order valence-corrected chi connectivity index (χ3v) is 6.80. The van der Waals surface area contributed by atoms with Gasteiger partial charge in [0.15, 0.2) is 0 Å². The Balaban J connectivity index is 1.79. The lowest BCUT2D eigenvalue weighted by molar-refractivity contribution is -0.120. The number of halogens is 2. The van der Waals surface area contributed by atoms with Crippen molar-refractivity contribution in [1.29, 1.82) is 0 Å². The number of hydrogen-bond acceptors (Lipinski definition) is 4. The van der Waals surface area contributed by atoms with Crippen LogP contribution >= 0.6 is 23.2 Å². The molecule has 29 heavy (non-hydrogen) atoms. The Labute approximate surface area is 181 Å². The SMILES string of the molecule is CC(c1ccc(Cl)cc1Cl)N(C)CC(=O)N1c2ccc(S(N)(=O)=O)cc2CC1C. The van der Waals surface area contributed by atoms with Crippen LogP contribution in [-0.4, -0.2) is 38.9 Å². The molecule has 1 aliphatic rings. The molecular weight excluding hydrogens is 433 g/mol. The number of amides is 1. The van der Waals surface area contributed by atoms with Crippen LogP contribution in [0.4, 0.5) is 5.69 Å². The summed E-state index contributed by atoms with van der Waals surface area (Å²) < 4.78 is 23.2. The van der Waals surface area contributed by atoms with Crippen LogP contribution in [0.5, 0.6) is 0 Å². The predicted octanol–water partition coefficient (Wildman–Crippen LogP) is 3.61. The number of nitrogens with zero attached hydrogens (tertiary/aromatic N) is 2. The number of carbonyl (C=O) groups is 1. The molecule has 1 amide bonds. The van der Waals surface area contributed by atoms with Crippen molar-refractivity contribution in [3.05, 3.63) is 57.6 Å². The highest BCUT2D eigenvalue weighted by molar-refractivity contribution is 7.89. The molecule has 0 radical (unpaired) electrons. The smallest absolute Gasteiger partial charge is 0.241 e. The largest absolute Gasteiger partial charge is 0.308 e. The molecule has 0 aromatic heterocycles. The van der Waals surface area contributed by atoms with Crippen molar-refractivity contribution < 1.29 is 13.2 Å². The van der Waals surface area contributed by atoms with E-state index in [1.807, 2.05) is 31.9 Å². The number of primary sulfonamides is 1. The predicted molar refractivity (Wildman–Crippen MR) is 116 cm³/mol. The second-order valence-electron chi connectivity index (χ2n) is 7.41. The number of nitrogens with two attached hydrogens (primary N) is 1. The summed E-state index contributed by atoms with van der Waals surface area (Å²) in [5.74, 6) is -0.0703. The third kappa shape index (κ3) is 4.59. The summed E-state index contributed by atoms with van der Waals surface area (Å²) in [4.78, 5) is 16.8. The van der Waals surface area contributed by atoms with Gasteiger partial charge in [-0.3, -0.25) is 9.69 Å². The zero-order valence-corrected chi connectivity index (χ0v) is 18.7. The fourth-order valence-corrected chi connectivity index (χ4v) is 4.80. The number of sulfonamides is 1. The lowest BCUT2D eigenvalue weighted by Crippen LogP contribution is -2.42. The van der Waals surface area contributed by atoms with Gasteiger partial charge < -0.3 is 4.90 Å². The summed E-state index contributed by atoms with van der Waals surface area (Å²) in [6, 6.07) is 9.79. The van der Waals surface area contributed by atoms with Crippen LogP contribution < -0.4 is 10.0 Å². The highest BCUT2D eigenvalue weighted by Crippen LogP contribution is 2.34. The minimum absolute atomic E-state index is 0.0564. The van der Waals surface area contributed by atoms with E-state index in [0.29, 0.717) is 16.5 Å². The molecule has 2 unspecified atom stereocenters. The standard InChI is InChI=1S/C20H23Cl2N3O3S/c1-12-8-14-9-16(29(23,27)28)5-7-19(14)25(12)20(26)11-24(3)13(2)17-6-4-15(21)10-18(17)22/h4-7,9-10,12-13H,8,11H2,1-3H3,(H2,23,27,28). The third-order valence-electron chi connectivity index (χ3n) is 5.32. The van der Waals surface area contributed by atoms with Gasteiger partial charge in [-0.05, 0) is 68.8 Å². The van der Waals surface area contributed by atoms with Crippen molar-refractivity contribution in [1.82, 2.24) is 4.90 Å². The second-order valence-corrected chi connectivity index (χ2v) is 9.81. The molecule has 2 atom stereocenters. The first kappa shape index (κ1) is 22.1. The fraction of sp³-hybridized carbons (Fsp3) is 0.350. The average molecular weight is 456 g/mol. The first-order valence-electron chi connectivity index (χ1n) is 9.12. The fourth-order valence-electron chi connectivity index (χ4n) is 3.67. The summed E-state index contributed by atoms with van der Waals surface area (Å²) >= 11 is 12.3. The Morgan fingerprint density at radius 3 is 2.59 bits per heavy atom. The van der Waals surface area contributed by atoms with Crippen molar-refractivity contribution in [3.8, 4) is 0 Å². The van der Waals surface area contributed by atoms with Gasteiger partial charge in [-0.25, -0.2) is 13.6 Å². The van der Waals surface area contributed by atoms with E-state index < -0.39 is 10.0 Å². The van der Waals surface area contributed by atoms with Crippen LogP contribution in [0.1, 0.15) is 31.0 Å². The van der Waals surface area contributed by atoms with Gasteiger partial charge in [0.05, 0.1) is 11.4 Å². The molecule has 0 fully saturated rings. The van der Waals surface area contributed by atoms with Gasteiger partial charge in [-0.1, -0.05) is 29.3 Å². The molecule has 2 N–H and O–H groups in total. The Morgan fingerprint density at radius 2 is 1.97 bits per heavy atom. The first-order chi connectivity index (χ1) is 13.5. The number of anilines is 1. The molecule has 2 aromatic rings. The number of likely N-dealkylation sites (N-methyl/N-ethyl adjacent to an activating group) is 1. The van der Waals surface area contributed by atoms with E-state index in [2.05, 4.69) is 0 Å². The van der Waals surface area contributed by atoms with Gasteiger partial charge >= 0.3 is 0 Å². The highest BCUT2D eigenvalue weighted by Gasteiger charge is 2.32. The summed E-state index contributed by atoms with van der Waals surface area (Å²) in [6.45, 7) is 4.09. The summed E-state index contributed by atoms with van der Waals surface area (Å²) in [6.07, 6.45) is 0.576. The van der Waals surface area contributed by atoms with Gasteiger partial charge in [0.1, 0.15) is 0 Å². The van der Waals surface area contributed by atoms with Gasteiger partial charge in [0.25, 0.3) is 0 Å². The quantitative estimate of drug-likeness (QED) is 0.745. The molecule has 9 heteroatoms. The number of benzene rings is 2. The molecule has 1 aliphatic heterocycles. The Morgan fingerprint density at radius 1 is 1.28 bits per heavy atom. The normalized spacial score (nSPS) is 17.5.